The summed E-state index contributed by atoms with van der Waals surface area (Å²) in [6.45, 7) is 7.51. The highest BCUT2D eigenvalue weighted by Gasteiger charge is 2.36. The van der Waals surface area contributed by atoms with Crippen LogP contribution in [0, 0.1) is 17.3 Å². The van der Waals surface area contributed by atoms with Crippen molar-refractivity contribution in [1.82, 2.24) is 4.90 Å². The average molecular weight is 209 g/mol. The Morgan fingerprint density at radius 2 is 1.73 bits per heavy atom. The van der Waals surface area contributed by atoms with Gasteiger partial charge in [-0.25, -0.2) is 0 Å². The summed E-state index contributed by atoms with van der Waals surface area (Å²) >= 11 is 0. The number of rotatable bonds is 3. The molecule has 1 aliphatic heterocycles. The van der Waals surface area contributed by atoms with Crippen molar-refractivity contribution in [1.29, 1.82) is 0 Å². The first kappa shape index (κ1) is 11.1. The van der Waals surface area contributed by atoms with Crippen LogP contribution in [0.15, 0.2) is 0 Å². The zero-order chi connectivity index (χ0) is 10.9. The summed E-state index contributed by atoms with van der Waals surface area (Å²) in [7, 11) is 0. The quantitative estimate of drug-likeness (QED) is 0.665. The van der Waals surface area contributed by atoms with Gasteiger partial charge in [-0.05, 0) is 24.7 Å². The van der Waals surface area contributed by atoms with Gasteiger partial charge in [0.2, 0.25) is 0 Å². The fourth-order valence-corrected chi connectivity index (χ4v) is 3.25. The van der Waals surface area contributed by atoms with Crippen LogP contribution in [0.3, 0.4) is 0 Å². The highest BCUT2D eigenvalue weighted by Crippen LogP contribution is 2.36. The van der Waals surface area contributed by atoms with Crippen LogP contribution in [0.25, 0.3) is 0 Å². The molecule has 1 saturated heterocycles. The summed E-state index contributed by atoms with van der Waals surface area (Å²) in [4.78, 5) is 13.4. The molecule has 0 bridgehead atoms. The van der Waals surface area contributed by atoms with Gasteiger partial charge in [0, 0.05) is 25.0 Å². The van der Waals surface area contributed by atoms with E-state index in [4.69, 9.17) is 0 Å². The first-order chi connectivity index (χ1) is 7.11. The monoisotopic (exact) mass is 209 g/mol. The lowest BCUT2D eigenvalue weighted by molar-refractivity contribution is -0.115. The first-order valence-electron chi connectivity index (χ1n) is 6.29. The number of aldehydes is 1. The largest absolute Gasteiger partial charge is 0.303 e. The number of hydrogen-bond donors (Lipinski definition) is 0. The minimum absolute atomic E-state index is 0.159. The topological polar surface area (TPSA) is 20.3 Å². The number of hydrogen-bond acceptors (Lipinski definition) is 2. The van der Waals surface area contributed by atoms with E-state index in [2.05, 4.69) is 4.90 Å². The summed E-state index contributed by atoms with van der Waals surface area (Å²) in [6.07, 6.45) is 6.79. The van der Waals surface area contributed by atoms with Gasteiger partial charge in [0.15, 0.2) is 0 Å². The lowest BCUT2D eigenvalue weighted by Crippen LogP contribution is -2.33. The molecule has 1 saturated carbocycles. The summed E-state index contributed by atoms with van der Waals surface area (Å²) in [5.41, 5.74) is -0.159. The molecule has 1 aliphatic carbocycles. The lowest BCUT2D eigenvalue weighted by atomic mass is 9.82. The smallest absolute Gasteiger partial charge is 0.126 e. The third-order valence-electron chi connectivity index (χ3n) is 4.00. The van der Waals surface area contributed by atoms with Crippen molar-refractivity contribution < 1.29 is 4.79 Å². The van der Waals surface area contributed by atoms with Crippen LogP contribution in [-0.2, 0) is 4.79 Å². The molecule has 0 aromatic carbocycles. The van der Waals surface area contributed by atoms with E-state index in [0.29, 0.717) is 0 Å². The van der Waals surface area contributed by atoms with Gasteiger partial charge in [-0.1, -0.05) is 26.7 Å². The van der Waals surface area contributed by atoms with Crippen molar-refractivity contribution in [2.75, 3.05) is 19.6 Å². The number of fused-ring (bicyclic) bond motifs is 1. The molecule has 0 aromatic heterocycles. The maximum Gasteiger partial charge on any atom is 0.126 e. The number of carbonyl (C=O) groups excluding carboxylic acids is 1. The molecule has 2 atom stereocenters. The molecule has 0 radical (unpaired) electrons. The van der Waals surface area contributed by atoms with Gasteiger partial charge in [0.05, 0.1) is 0 Å². The molecule has 2 heteroatoms. The minimum atomic E-state index is -0.159. The summed E-state index contributed by atoms with van der Waals surface area (Å²) in [5, 5.41) is 0. The zero-order valence-electron chi connectivity index (χ0n) is 10.0. The van der Waals surface area contributed by atoms with Crippen molar-refractivity contribution in [2.24, 2.45) is 17.3 Å². The predicted molar refractivity (Wildman–Crippen MR) is 61.7 cm³/mol. The Morgan fingerprint density at radius 3 is 2.20 bits per heavy atom. The Morgan fingerprint density at radius 1 is 1.20 bits per heavy atom. The van der Waals surface area contributed by atoms with Crippen molar-refractivity contribution in [3.63, 3.8) is 0 Å². The van der Waals surface area contributed by atoms with E-state index >= 15 is 0 Å². The summed E-state index contributed by atoms with van der Waals surface area (Å²) in [5.74, 6) is 1.86. The molecule has 0 aromatic rings. The molecule has 1 heterocycles. The van der Waals surface area contributed by atoms with Crippen LogP contribution in [0.2, 0.25) is 0 Å². The minimum Gasteiger partial charge on any atom is -0.303 e. The molecule has 0 amide bonds. The fourth-order valence-electron chi connectivity index (χ4n) is 3.25. The Balaban J connectivity index is 1.89. The normalized spacial score (nSPS) is 32.7. The molecular weight excluding hydrogens is 186 g/mol. The number of carbonyl (C=O) groups is 1. The molecule has 15 heavy (non-hydrogen) atoms. The third-order valence-corrected chi connectivity index (χ3v) is 4.00. The van der Waals surface area contributed by atoms with E-state index in [0.717, 1.165) is 24.7 Å². The molecule has 86 valence electrons. The lowest BCUT2D eigenvalue weighted by Gasteiger charge is -2.24. The summed E-state index contributed by atoms with van der Waals surface area (Å²) in [6, 6.07) is 0. The maximum absolute atomic E-state index is 10.9. The Bertz CT molecular complexity index is 223. The van der Waals surface area contributed by atoms with Crippen molar-refractivity contribution in [3.8, 4) is 0 Å². The van der Waals surface area contributed by atoms with Crippen molar-refractivity contribution in [2.45, 2.75) is 39.5 Å². The maximum atomic E-state index is 10.9. The number of nitrogens with zero attached hydrogens (tertiary/aromatic N) is 1. The van der Waals surface area contributed by atoms with Gasteiger partial charge in [-0.2, -0.15) is 0 Å². The van der Waals surface area contributed by atoms with E-state index in [9.17, 15) is 4.79 Å². The molecule has 2 aliphatic rings. The fraction of sp³-hybridized carbons (Fsp3) is 0.923. The molecular formula is C13H23NO. The molecule has 2 rings (SSSR count). The second-order valence-electron chi connectivity index (χ2n) is 6.11. The van der Waals surface area contributed by atoms with Gasteiger partial charge in [0.25, 0.3) is 0 Å². The van der Waals surface area contributed by atoms with Crippen LogP contribution in [0.1, 0.15) is 39.5 Å². The second-order valence-corrected chi connectivity index (χ2v) is 6.11. The van der Waals surface area contributed by atoms with Gasteiger partial charge < -0.3 is 9.69 Å². The van der Waals surface area contributed by atoms with Crippen LogP contribution < -0.4 is 0 Å². The second kappa shape index (κ2) is 4.25. The number of likely N-dealkylation sites (tertiary alicyclic amines) is 1. The summed E-state index contributed by atoms with van der Waals surface area (Å²) < 4.78 is 0. The van der Waals surface area contributed by atoms with E-state index in [1.54, 1.807) is 0 Å². The van der Waals surface area contributed by atoms with Crippen LogP contribution in [0.4, 0.5) is 0 Å². The first-order valence-corrected chi connectivity index (χ1v) is 6.29. The highest BCUT2D eigenvalue weighted by atomic mass is 16.1. The third kappa shape index (κ3) is 2.60. The van der Waals surface area contributed by atoms with Crippen molar-refractivity contribution in [3.05, 3.63) is 0 Å². The highest BCUT2D eigenvalue weighted by molar-refractivity contribution is 5.58. The molecule has 2 nitrogen and oxygen atoms in total. The van der Waals surface area contributed by atoms with E-state index in [-0.39, 0.29) is 5.41 Å². The van der Waals surface area contributed by atoms with Gasteiger partial charge in [-0.3, -0.25) is 0 Å². The Labute approximate surface area is 93.0 Å². The predicted octanol–water partition coefficient (Wildman–Crippen LogP) is 2.33. The standard InChI is InChI=1S/C13H23NO/c1-13(2,10-15)9-14-7-11-5-3-4-6-12(11)8-14/h10-12H,3-9H2,1-2H3/t11-,12+. The van der Waals surface area contributed by atoms with Gasteiger partial charge in [-0.15, -0.1) is 0 Å². The van der Waals surface area contributed by atoms with Crippen LogP contribution in [0.5, 0.6) is 0 Å². The molecule has 2 fully saturated rings. The Hall–Kier alpha value is -0.370. The van der Waals surface area contributed by atoms with E-state index < -0.39 is 0 Å². The average Bonchev–Trinajstić information content (AvgIpc) is 2.58. The molecule has 0 unspecified atom stereocenters. The SMILES string of the molecule is CC(C)(C=O)CN1C[C@H]2CCCC[C@H]2C1. The molecule has 0 N–H and O–H groups in total. The molecule has 0 spiro atoms. The zero-order valence-corrected chi connectivity index (χ0v) is 10.0. The van der Waals surface area contributed by atoms with E-state index in [1.807, 2.05) is 13.8 Å². The Kier molecular flexibility index (Phi) is 3.15. The van der Waals surface area contributed by atoms with Gasteiger partial charge in [0.1, 0.15) is 6.29 Å². The van der Waals surface area contributed by atoms with E-state index in [1.165, 1.54) is 38.8 Å². The van der Waals surface area contributed by atoms with Crippen LogP contribution >= 0.6 is 0 Å². The van der Waals surface area contributed by atoms with Crippen molar-refractivity contribution >= 4 is 6.29 Å². The van der Waals surface area contributed by atoms with Crippen LogP contribution in [-0.4, -0.2) is 30.8 Å². The van der Waals surface area contributed by atoms with Gasteiger partial charge >= 0.3 is 0 Å².